The highest BCUT2D eigenvalue weighted by molar-refractivity contribution is 5.76. The summed E-state index contributed by atoms with van der Waals surface area (Å²) in [6, 6.07) is 1.59. The number of fused-ring (bicyclic) bond motifs is 1. The summed E-state index contributed by atoms with van der Waals surface area (Å²) in [5.74, 6) is 0. The number of rotatable bonds is 3. The molecule has 1 saturated heterocycles. The molecule has 1 amide bonds. The molecule has 0 aromatic carbocycles. The van der Waals surface area contributed by atoms with Crippen molar-refractivity contribution in [1.82, 2.24) is 14.7 Å². The molecule has 114 valence electrons. The Balaban J connectivity index is 1.74. The van der Waals surface area contributed by atoms with Crippen molar-refractivity contribution in [1.29, 1.82) is 0 Å². The van der Waals surface area contributed by atoms with Gasteiger partial charge >= 0.3 is 6.09 Å². The zero-order valence-electron chi connectivity index (χ0n) is 12.7. The molecule has 3 atom stereocenters. The Labute approximate surface area is 124 Å². The molecule has 1 unspecified atom stereocenters. The van der Waals surface area contributed by atoms with Crippen molar-refractivity contribution in [3.63, 3.8) is 0 Å². The molecule has 0 radical (unpaired) electrons. The maximum atomic E-state index is 12.3. The van der Waals surface area contributed by atoms with E-state index in [0.29, 0.717) is 6.42 Å². The van der Waals surface area contributed by atoms with E-state index in [-0.39, 0.29) is 23.6 Å². The minimum absolute atomic E-state index is 0.0193. The Bertz CT molecular complexity index is 549. The summed E-state index contributed by atoms with van der Waals surface area (Å²) < 4.78 is 7.31. The van der Waals surface area contributed by atoms with Gasteiger partial charge in [-0.05, 0) is 39.7 Å². The van der Waals surface area contributed by atoms with Crippen LogP contribution in [0.1, 0.15) is 33.6 Å². The van der Waals surface area contributed by atoms with Crippen LogP contribution in [0.15, 0.2) is 18.5 Å². The summed E-state index contributed by atoms with van der Waals surface area (Å²) in [6.45, 7) is 6.25. The van der Waals surface area contributed by atoms with Gasteiger partial charge in [-0.1, -0.05) is 0 Å². The van der Waals surface area contributed by atoms with Crippen LogP contribution >= 0.6 is 0 Å². The molecule has 0 bridgehead atoms. The Morgan fingerprint density at radius 3 is 2.81 bits per heavy atom. The van der Waals surface area contributed by atoms with Crippen LogP contribution in [0.2, 0.25) is 0 Å². The van der Waals surface area contributed by atoms with Gasteiger partial charge in [0.25, 0.3) is 0 Å². The lowest BCUT2D eigenvalue weighted by Crippen LogP contribution is -2.42. The first-order valence-corrected chi connectivity index (χ1v) is 7.29. The highest BCUT2D eigenvalue weighted by Gasteiger charge is 2.66. The van der Waals surface area contributed by atoms with E-state index in [1.54, 1.807) is 11.1 Å². The van der Waals surface area contributed by atoms with Crippen molar-refractivity contribution in [2.24, 2.45) is 5.41 Å². The van der Waals surface area contributed by atoms with Crippen molar-refractivity contribution in [2.45, 2.75) is 57.8 Å². The maximum absolute atomic E-state index is 12.3. The second-order valence-corrected chi connectivity index (χ2v) is 7.08. The van der Waals surface area contributed by atoms with Gasteiger partial charge in [0.2, 0.25) is 0 Å². The van der Waals surface area contributed by atoms with Crippen LogP contribution in [0.3, 0.4) is 0 Å². The number of piperidine rings is 1. The van der Waals surface area contributed by atoms with E-state index in [0.717, 1.165) is 19.3 Å². The van der Waals surface area contributed by atoms with E-state index in [9.17, 15) is 9.59 Å². The van der Waals surface area contributed by atoms with Gasteiger partial charge in [-0.15, -0.1) is 0 Å². The van der Waals surface area contributed by atoms with E-state index in [4.69, 9.17) is 4.74 Å². The molecule has 6 heteroatoms. The Morgan fingerprint density at radius 1 is 1.48 bits per heavy atom. The van der Waals surface area contributed by atoms with Gasteiger partial charge in [0.1, 0.15) is 11.9 Å². The maximum Gasteiger partial charge on any atom is 0.411 e. The van der Waals surface area contributed by atoms with Gasteiger partial charge in [0.15, 0.2) is 0 Å². The molecule has 0 spiro atoms. The van der Waals surface area contributed by atoms with E-state index in [1.165, 1.54) is 0 Å². The average molecular weight is 291 g/mol. The van der Waals surface area contributed by atoms with E-state index in [2.05, 4.69) is 5.10 Å². The molecule has 1 aliphatic heterocycles. The van der Waals surface area contributed by atoms with Gasteiger partial charge < -0.3 is 9.53 Å². The van der Waals surface area contributed by atoms with Gasteiger partial charge in [-0.2, -0.15) is 5.10 Å². The molecule has 1 saturated carbocycles. The number of carbonyl (C=O) groups excluding carboxylic acids is 2. The molecule has 2 aliphatic rings. The number of hydrogen-bond donors (Lipinski definition) is 0. The molecular weight excluding hydrogens is 270 g/mol. The van der Waals surface area contributed by atoms with Crippen molar-refractivity contribution >= 4 is 12.4 Å². The molecule has 2 fully saturated rings. The minimum atomic E-state index is -0.549. The largest absolute Gasteiger partial charge is 0.444 e. The summed E-state index contributed by atoms with van der Waals surface area (Å²) in [7, 11) is 0. The first-order chi connectivity index (χ1) is 9.85. The molecule has 1 aromatic heterocycles. The van der Waals surface area contributed by atoms with Crippen LogP contribution in [0.5, 0.6) is 0 Å². The van der Waals surface area contributed by atoms with E-state index < -0.39 is 5.60 Å². The summed E-state index contributed by atoms with van der Waals surface area (Å²) in [5, 5.41) is 4.23. The Hall–Kier alpha value is -1.85. The SMILES string of the molecule is CC(C)(C)OC(=O)N1C(C=O)C[C@@]2(Cn3cccn3)C[C@@H]12. The van der Waals surface area contributed by atoms with Gasteiger partial charge in [0, 0.05) is 30.4 Å². The molecule has 1 aliphatic carbocycles. The number of hydrogen-bond acceptors (Lipinski definition) is 4. The lowest BCUT2D eigenvalue weighted by molar-refractivity contribution is -0.112. The normalized spacial score (nSPS) is 30.9. The molecule has 0 N–H and O–H groups in total. The van der Waals surface area contributed by atoms with Gasteiger partial charge in [-0.25, -0.2) is 4.79 Å². The second-order valence-electron chi connectivity index (χ2n) is 7.08. The van der Waals surface area contributed by atoms with Crippen LogP contribution in [-0.2, 0) is 16.1 Å². The van der Waals surface area contributed by atoms with E-state index >= 15 is 0 Å². The fraction of sp³-hybridized carbons (Fsp3) is 0.667. The molecule has 3 rings (SSSR count). The third-order valence-electron chi connectivity index (χ3n) is 4.25. The van der Waals surface area contributed by atoms with Crippen molar-refractivity contribution < 1.29 is 14.3 Å². The van der Waals surface area contributed by atoms with Crippen molar-refractivity contribution in [3.8, 4) is 0 Å². The molecule has 21 heavy (non-hydrogen) atoms. The summed E-state index contributed by atoms with van der Waals surface area (Å²) in [4.78, 5) is 25.3. The van der Waals surface area contributed by atoms with Crippen molar-refractivity contribution in [2.75, 3.05) is 0 Å². The van der Waals surface area contributed by atoms with Crippen LogP contribution in [0.4, 0.5) is 4.79 Å². The minimum Gasteiger partial charge on any atom is -0.444 e. The number of ether oxygens (including phenoxy) is 1. The zero-order valence-corrected chi connectivity index (χ0v) is 12.7. The highest BCUT2D eigenvalue weighted by Crippen LogP contribution is 2.60. The van der Waals surface area contributed by atoms with Crippen LogP contribution < -0.4 is 0 Å². The standard InChI is InChI=1S/C15H21N3O3/c1-14(2,3)21-13(20)18-11(9-19)7-15(8-12(15)18)10-17-6-4-5-16-17/h4-6,9,11-12H,7-8,10H2,1-3H3/t11?,12-,15+/m1/s1. The molecule has 2 heterocycles. The summed E-state index contributed by atoms with van der Waals surface area (Å²) in [6.07, 6.45) is 5.74. The lowest BCUT2D eigenvalue weighted by atomic mass is 10.0. The predicted molar refractivity (Wildman–Crippen MR) is 75.6 cm³/mol. The lowest BCUT2D eigenvalue weighted by Gasteiger charge is -2.27. The Kier molecular flexibility index (Phi) is 3.07. The van der Waals surface area contributed by atoms with Crippen LogP contribution in [0.25, 0.3) is 0 Å². The third kappa shape index (κ3) is 2.54. The highest BCUT2D eigenvalue weighted by atomic mass is 16.6. The average Bonchev–Trinajstić information content (AvgIpc) is 2.76. The molecule has 1 aromatic rings. The third-order valence-corrected chi connectivity index (χ3v) is 4.25. The fourth-order valence-electron chi connectivity index (χ4n) is 3.33. The van der Waals surface area contributed by atoms with Crippen LogP contribution in [-0.4, -0.2) is 44.7 Å². The molecule has 6 nitrogen and oxygen atoms in total. The van der Waals surface area contributed by atoms with E-state index in [1.807, 2.05) is 37.7 Å². The zero-order chi connectivity index (χ0) is 15.3. The van der Waals surface area contributed by atoms with Gasteiger partial charge in [-0.3, -0.25) is 9.58 Å². The first kappa shape index (κ1) is 14.1. The monoisotopic (exact) mass is 291 g/mol. The summed E-state index contributed by atoms with van der Waals surface area (Å²) >= 11 is 0. The predicted octanol–water partition coefficient (Wildman–Crippen LogP) is 1.85. The number of carbonyl (C=O) groups is 2. The smallest absolute Gasteiger partial charge is 0.411 e. The second kappa shape index (κ2) is 4.58. The quantitative estimate of drug-likeness (QED) is 0.797. The molecular formula is C15H21N3O3. The number of likely N-dealkylation sites (tertiary alicyclic amines) is 1. The number of aldehydes is 1. The summed E-state index contributed by atoms with van der Waals surface area (Å²) in [5.41, 5.74) is -0.568. The van der Waals surface area contributed by atoms with Crippen LogP contribution in [0, 0.1) is 5.41 Å². The van der Waals surface area contributed by atoms with Crippen molar-refractivity contribution in [3.05, 3.63) is 18.5 Å². The van der Waals surface area contributed by atoms with Gasteiger partial charge in [0.05, 0.1) is 6.04 Å². The fourth-order valence-corrected chi connectivity index (χ4v) is 3.33. The first-order valence-electron chi connectivity index (χ1n) is 7.29. The topological polar surface area (TPSA) is 64.4 Å². The number of nitrogens with zero attached hydrogens (tertiary/aromatic N) is 3. The number of amides is 1. The Morgan fingerprint density at radius 2 is 2.24 bits per heavy atom. The number of aromatic nitrogens is 2.